The summed E-state index contributed by atoms with van der Waals surface area (Å²) in [6.07, 6.45) is -3.01. The number of anilines is 1. The molecule has 0 amide bonds. The highest BCUT2D eigenvalue weighted by Gasteiger charge is 2.41. The third-order valence-corrected chi connectivity index (χ3v) is 5.15. The summed E-state index contributed by atoms with van der Waals surface area (Å²) in [5.74, 6) is -1.12. The average molecular weight is 385 g/mol. The van der Waals surface area contributed by atoms with Gasteiger partial charge in [0, 0.05) is 24.8 Å². The third kappa shape index (κ3) is 3.57. The summed E-state index contributed by atoms with van der Waals surface area (Å²) in [4.78, 5) is 21.7. The van der Waals surface area contributed by atoms with Crippen LogP contribution in [0.2, 0.25) is 0 Å². The van der Waals surface area contributed by atoms with Crippen molar-refractivity contribution in [2.24, 2.45) is 11.3 Å². The molecule has 0 spiro atoms. The largest absolute Gasteiger partial charge is 0.469 e. The number of rotatable bonds is 3. The Hall–Kier alpha value is -2.39. The minimum absolute atomic E-state index is 0.00664. The Morgan fingerprint density at radius 3 is 2.63 bits per heavy atom. The molecular formula is C17H22F3N5O2. The lowest BCUT2D eigenvalue weighted by Gasteiger charge is -2.40. The molecule has 3 heterocycles. The lowest BCUT2D eigenvalue weighted by Crippen LogP contribution is -2.45. The Bertz CT molecular complexity index is 862. The minimum atomic E-state index is -4.64. The van der Waals surface area contributed by atoms with Crippen LogP contribution in [0.4, 0.5) is 19.0 Å². The summed E-state index contributed by atoms with van der Waals surface area (Å²) < 4.78 is 45.1. The van der Waals surface area contributed by atoms with Gasteiger partial charge in [-0.05, 0) is 39.5 Å². The van der Waals surface area contributed by atoms with Crippen LogP contribution in [0, 0.1) is 18.3 Å². The second kappa shape index (κ2) is 6.65. The normalized spacial score (nSPS) is 18.8. The maximum absolute atomic E-state index is 13.0. The molecule has 2 aromatic heterocycles. The molecule has 7 nitrogen and oxygen atoms in total. The predicted molar refractivity (Wildman–Crippen MR) is 91.3 cm³/mol. The fraction of sp³-hybridized carbons (Fsp3) is 0.647. The molecule has 148 valence electrons. The predicted octanol–water partition coefficient (Wildman–Crippen LogP) is 2.87. The number of carbonyl (C=O) groups excluding carboxylic acids is 1. The molecule has 10 heteroatoms. The van der Waals surface area contributed by atoms with E-state index in [0.29, 0.717) is 24.6 Å². The number of aromatic nitrogens is 4. The van der Waals surface area contributed by atoms with Crippen molar-refractivity contribution in [3.05, 3.63) is 17.6 Å². The van der Waals surface area contributed by atoms with Gasteiger partial charge in [0.05, 0.1) is 12.5 Å². The number of alkyl halides is 3. The van der Waals surface area contributed by atoms with Crippen LogP contribution >= 0.6 is 0 Å². The van der Waals surface area contributed by atoms with E-state index in [2.05, 4.69) is 15.1 Å². The second-order valence-electron chi connectivity index (χ2n) is 7.40. The maximum Gasteiger partial charge on any atom is 0.453 e. The first kappa shape index (κ1) is 19.4. The van der Waals surface area contributed by atoms with Gasteiger partial charge in [-0.1, -0.05) is 0 Å². The van der Waals surface area contributed by atoms with Crippen molar-refractivity contribution < 1.29 is 22.7 Å². The van der Waals surface area contributed by atoms with Crippen LogP contribution in [0.25, 0.3) is 5.78 Å². The number of aryl methyl sites for hydroxylation is 1. The maximum atomic E-state index is 13.0. The Morgan fingerprint density at radius 1 is 1.30 bits per heavy atom. The van der Waals surface area contributed by atoms with Crippen molar-refractivity contribution >= 4 is 17.6 Å². The second-order valence-corrected chi connectivity index (χ2v) is 7.40. The van der Waals surface area contributed by atoms with E-state index < -0.39 is 17.4 Å². The Kier molecular flexibility index (Phi) is 4.77. The summed E-state index contributed by atoms with van der Waals surface area (Å²) in [6.45, 7) is 6.51. The molecule has 1 atom stereocenters. The molecule has 1 aliphatic rings. The minimum Gasteiger partial charge on any atom is -0.469 e. The average Bonchev–Trinajstić information content (AvgIpc) is 3.04. The van der Waals surface area contributed by atoms with Crippen LogP contribution in [-0.4, -0.2) is 45.8 Å². The number of hydrogen-bond acceptors (Lipinski definition) is 6. The first-order chi connectivity index (χ1) is 12.5. The lowest BCUT2D eigenvalue weighted by molar-refractivity contribution is -0.154. The molecule has 0 bridgehead atoms. The quantitative estimate of drug-likeness (QED) is 0.757. The van der Waals surface area contributed by atoms with Gasteiger partial charge in [0.25, 0.3) is 11.6 Å². The van der Waals surface area contributed by atoms with Crippen molar-refractivity contribution in [1.29, 1.82) is 0 Å². The van der Waals surface area contributed by atoms with Gasteiger partial charge in [-0.25, -0.2) is 4.98 Å². The molecule has 27 heavy (non-hydrogen) atoms. The first-order valence-electron chi connectivity index (χ1n) is 8.69. The zero-order valence-corrected chi connectivity index (χ0v) is 15.7. The SMILES string of the molecule is COC(=O)C(C)(C)C1CCCN(c2cc(C)nc3nc(C(F)(F)F)nn23)C1. The summed E-state index contributed by atoms with van der Waals surface area (Å²) in [6, 6.07) is 1.69. The molecule has 0 aliphatic carbocycles. The van der Waals surface area contributed by atoms with Crippen LogP contribution in [0.1, 0.15) is 38.2 Å². The van der Waals surface area contributed by atoms with E-state index in [1.807, 2.05) is 18.7 Å². The standard InChI is InChI=1S/C17H22F3N5O2/c1-10-8-12(25-15(21-10)22-13(23-25)17(18,19)20)24-7-5-6-11(9-24)16(2,3)14(26)27-4/h8,11H,5-7,9H2,1-4H3. The van der Waals surface area contributed by atoms with Crippen LogP contribution in [0.15, 0.2) is 6.07 Å². The van der Waals surface area contributed by atoms with E-state index in [-0.39, 0.29) is 17.7 Å². The van der Waals surface area contributed by atoms with E-state index in [0.717, 1.165) is 17.4 Å². The summed E-state index contributed by atoms with van der Waals surface area (Å²) in [7, 11) is 1.36. The molecule has 1 fully saturated rings. The van der Waals surface area contributed by atoms with Gasteiger partial charge in [-0.2, -0.15) is 22.7 Å². The third-order valence-electron chi connectivity index (χ3n) is 5.15. The lowest BCUT2D eigenvalue weighted by atomic mass is 9.74. The molecule has 1 unspecified atom stereocenters. The molecule has 0 saturated carbocycles. The number of piperidine rings is 1. The number of nitrogens with zero attached hydrogens (tertiary/aromatic N) is 5. The number of halogens is 3. The van der Waals surface area contributed by atoms with Gasteiger partial charge < -0.3 is 9.64 Å². The van der Waals surface area contributed by atoms with Crippen molar-refractivity contribution in [2.45, 2.75) is 39.8 Å². The Morgan fingerprint density at radius 2 is 2.00 bits per heavy atom. The van der Waals surface area contributed by atoms with Gasteiger partial charge in [-0.15, -0.1) is 5.10 Å². The van der Waals surface area contributed by atoms with Crippen molar-refractivity contribution in [2.75, 3.05) is 25.1 Å². The molecule has 1 saturated heterocycles. The summed E-state index contributed by atoms with van der Waals surface area (Å²) in [5, 5.41) is 3.62. The highest BCUT2D eigenvalue weighted by atomic mass is 19.4. The Labute approximate surface area is 154 Å². The van der Waals surface area contributed by atoms with Gasteiger partial charge in [-0.3, -0.25) is 4.79 Å². The first-order valence-corrected chi connectivity index (χ1v) is 8.69. The number of carbonyl (C=O) groups is 1. The molecule has 3 rings (SSSR count). The number of hydrogen-bond donors (Lipinski definition) is 0. The van der Waals surface area contributed by atoms with Gasteiger partial charge >= 0.3 is 12.1 Å². The van der Waals surface area contributed by atoms with Crippen molar-refractivity contribution in [3.8, 4) is 0 Å². The number of methoxy groups -OCH3 is 1. The fourth-order valence-electron chi connectivity index (χ4n) is 3.52. The van der Waals surface area contributed by atoms with Gasteiger partial charge in [0.2, 0.25) is 0 Å². The van der Waals surface area contributed by atoms with E-state index in [1.165, 1.54) is 7.11 Å². The van der Waals surface area contributed by atoms with E-state index in [9.17, 15) is 18.0 Å². The van der Waals surface area contributed by atoms with Crippen LogP contribution in [0.5, 0.6) is 0 Å². The monoisotopic (exact) mass is 385 g/mol. The summed E-state index contributed by atoms with van der Waals surface area (Å²) >= 11 is 0. The summed E-state index contributed by atoms with van der Waals surface area (Å²) in [5.41, 5.74) is -0.151. The zero-order chi connectivity index (χ0) is 20.0. The van der Waals surface area contributed by atoms with Crippen LogP contribution in [-0.2, 0) is 15.7 Å². The molecule has 0 N–H and O–H groups in total. The van der Waals surface area contributed by atoms with Crippen molar-refractivity contribution in [1.82, 2.24) is 19.6 Å². The number of ether oxygens (including phenoxy) is 1. The van der Waals surface area contributed by atoms with E-state index in [1.54, 1.807) is 13.0 Å². The number of fused-ring (bicyclic) bond motifs is 1. The molecule has 0 radical (unpaired) electrons. The Balaban J connectivity index is 1.99. The van der Waals surface area contributed by atoms with Crippen LogP contribution in [0.3, 0.4) is 0 Å². The zero-order valence-electron chi connectivity index (χ0n) is 15.7. The van der Waals surface area contributed by atoms with E-state index >= 15 is 0 Å². The highest BCUT2D eigenvalue weighted by molar-refractivity contribution is 5.76. The smallest absolute Gasteiger partial charge is 0.453 e. The van der Waals surface area contributed by atoms with Crippen molar-refractivity contribution in [3.63, 3.8) is 0 Å². The van der Waals surface area contributed by atoms with Gasteiger partial charge in [0.1, 0.15) is 5.82 Å². The number of esters is 1. The van der Waals surface area contributed by atoms with Gasteiger partial charge in [0.15, 0.2) is 0 Å². The topological polar surface area (TPSA) is 72.6 Å². The molecular weight excluding hydrogens is 363 g/mol. The molecule has 2 aromatic rings. The molecule has 1 aliphatic heterocycles. The van der Waals surface area contributed by atoms with Crippen LogP contribution < -0.4 is 4.90 Å². The highest BCUT2D eigenvalue weighted by Crippen LogP contribution is 2.37. The fourth-order valence-corrected chi connectivity index (χ4v) is 3.52. The van der Waals surface area contributed by atoms with E-state index in [4.69, 9.17) is 4.74 Å². The molecule has 0 aromatic carbocycles.